The van der Waals surface area contributed by atoms with E-state index in [0.29, 0.717) is 90.9 Å². The minimum atomic E-state index is -0.988. The van der Waals surface area contributed by atoms with Crippen LogP contribution in [0.15, 0.2) is 109 Å². The van der Waals surface area contributed by atoms with E-state index in [2.05, 4.69) is 104 Å². The van der Waals surface area contributed by atoms with Crippen molar-refractivity contribution in [1.29, 1.82) is 0 Å². The van der Waals surface area contributed by atoms with E-state index in [4.69, 9.17) is 10.2 Å². The summed E-state index contributed by atoms with van der Waals surface area (Å²) in [5.74, 6) is 1.85. The number of carboxylic acid groups (broad SMARTS) is 2. The number of hydrogen-bond donors (Lipinski definition) is 8. The molecule has 15 nitrogen and oxygen atoms in total. The average Bonchev–Trinajstić information content (AvgIpc) is 1.19. The number of carbonyl (C=O) groups is 7. The van der Waals surface area contributed by atoms with Crippen molar-refractivity contribution in [1.82, 2.24) is 21.3 Å². The highest BCUT2D eigenvalue weighted by molar-refractivity contribution is 5.95. The zero-order chi connectivity index (χ0) is 77.7. The second-order valence-corrected chi connectivity index (χ2v) is 39.0. The quantitative estimate of drug-likeness (QED) is 0.0435. The lowest BCUT2D eigenvalue weighted by molar-refractivity contribution is -0.246. The van der Waals surface area contributed by atoms with E-state index in [1.165, 1.54) is 55.5 Å². The molecule has 0 bridgehead atoms. The molecule has 108 heavy (non-hydrogen) atoms. The molecule has 10 aliphatic carbocycles. The second kappa shape index (κ2) is 29.3. The van der Waals surface area contributed by atoms with Gasteiger partial charge in [-0.25, -0.2) is 9.59 Å². The lowest BCUT2D eigenvalue weighted by atomic mass is 9.32. The van der Waals surface area contributed by atoms with Crippen LogP contribution in [0, 0.1) is 113 Å². The van der Waals surface area contributed by atoms with Gasteiger partial charge in [-0.05, 0) is 322 Å². The summed E-state index contributed by atoms with van der Waals surface area (Å²) in [6, 6.07) is 28.0. The van der Waals surface area contributed by atoms with Gasteiger partial charge in [-0.1, -0.05) is 130 Å². The van der Waals surface area contributed by atoms with Gasteiger partial charge in [-0.15, -0.1) is 0 Å². The largest absolute Gasteiger partial charge is 0.478 e. The molecule has 10 saturated carbocycles. The van der Waals surface area contributed by atoms with Crippen molar-refractivity contribution < 1.29 is 54.0 Å². The van der Waals surface area contributed by atoms with Gasteiger partial charge in [0, 0.05) is 43.2 Å². The Morgan fingerprint density at radius 1 is 0.398 bits per heavy atom. The topological polar surface area (TPSA) is 249 Å². The first kappa shape index (κ1) is 79.1. The summed E-state index contributed by atoms with van der Waals surface area (Å²) >= 11 is 0. The van der Waals surface area contributed by atoms with Gasteiger partial charge in [0.15, 0.2) is 0 Å². The lowest BCUT2D eigenvalue weighted by Crippen LogP contribution is -2.67. The van der Waals surface area contributed by atoms with Crippen LogP contribution >= 0.6 is 0 Å². The summed E-state index contributed by atoms with van der Waals surface area (Å²) in [6.07, 6.45) is 21.3. The molecule has 8 unspecified atom stereocenters. The third-order valence-electron chi connectivity index (χ3n) is 34.0. The van der Waals surface area contributed by atoms with Crippen LogP contribution in [0.2, 0.25) is 0 Å². The van der Waals surface area contributed by atoms with Crippen molar-refractivity contribution >= 4 is 41.4 Å². The van der Waals surface area contributed by atoms with E-state index in [1.807, 2.05) is 36.4 Å². The standard InChI is InChI=1S/C47H64N2O5.C46H62N2O6/c1-29(2)34-17-23-47(42(54)48-26-20-30-9-8-10-33(27-30)40(51)49-28-31-11-13-32(14-12-31)41(52)53)25-24-45(6)35(39(34)47)15-16-37-44(5)21-19-38(50)43(3,4)36(44)18-22-46(37,45)7;1-28(49)33-16-22-46(41(54)47-25-19-29-8-7-9-32(26-29)39(51)48-27-30-10-12-31(13-11-30)40(52)53)24-23-44(5)34(38(33)46)14-15-36-43(4)20-18-37(50)42(2,3)35(43)17-21-45(36,44)6/h8-14,27,34-39,50H,1,15-26,28H2,2-7H3,(H,48,54)(H,49,51)(H,52,53);7-13,26,33-38,50H,14-25,27H2,1-6H3,(H,47,54)(H,48,51)(H,52,53)/t34-,35?,36?,37?,38-,39?,44-,45+,46+,47-;33-,34?,35?,36?,37-,38?,43-,44+,45+,46-/m00/s1. The molecule has 10 aliphatic rings. The SMILES string of the molecule is C=C(C)[C@@H]1CC[C@]2(C(=O)NCCc3cccc(C(=O)NCc4ccc(C(=O)O)cc4)c3)CC[C@]3(C)C(CCC4[C@@]5(C)CC[C@H](O)C(C)(C)C5CC[C@]43C)C12.CC(=O)[C@@H]1CC[C@]2(C(=O)NCCc3cccc(C(=O)NCc4ccc(C(=O)O)cc4)c3)CC[C@]3(C)C(CCC4[C@@]5(C)CC[C@H](O)C(C)(C)C5CC[C@]43C)C12. The molecule has 20 atom stereocenters. The van der Waals surface area contributed by atoms with Gasteiger partial charge in [0.2, 0.25) is 11.8 Å². The summed E-state index contributed by atoms with van der Waals surface area (Å²) in [5, 5.41) is 53.1. The van der Waals surface area contributed by atoms with Crippen LogP contribution in [-0.4, -0.2) is 87.1 Å². The molecule has 14 rings (SSSR count). The Hall–Kier alpha value is -6.97. The van der Waals surface area contributed by atoms with Gasteiger partial charge >= 0.3 is 11.9 Å². The molecule has 4 amide bonds. The first-order valence-electron chi connectivity index (χ1n) is 41.4. The Kier molecular flexibility index (Phi) is 21.5. The number of fused-ring (bicyclic) bond motifs is 14. The van der Waals surface area contributed by atoms with Crippen LogP contribution in [0.1, 0.15) is 275 Å². The van der Waals surface area contributed by atoms with E-state index >= 15 is 0 Å². The second-order valence-electron chi connectivity index (χ2n) is 39.0. The number of nitrogens with one attached hydrogen (secondary N) is 4. The van der Waals surface area contributed by atoms with Crippen LogP contribution in [-0.2, 0) is 40.3 Å². The minimum absolute atomic E-state index is 0.0412. The van der Waals surface area contributed by atoms with Gasteiger partial charge < -0.3 is 41.7 Å². The van der Waals surface area contributed by atoms with Crippen molar-refractivity contribution in [3.05, 3.63) is 154 Å². The maximum Gasteiger partial charge on any atom is 0.335 e. The molecule has 0 saturated heterocycles. The van der Waals surface area contributed by atoms with Crippen LogP contribution < -0.4 is 21.3 Å². The third-order valence-corrected chi connectivity index (χ3v) is 34.0. The number of aliphatic hydroxyl groups is 2. The first-order valence-corrected chi connectivity index (χ1v) is 41.4. The number of carboxylic acids is 2. The molecule has 0 spiro atoms. The molecule has 15 heteroatoms. The molecule has 0 heterocycles. The number of amides is 4. The number of carbonyl (C=O) groups excluding carboxylic acids is 5. The summed E-state index contributed by atoms with van der Waals surface area (Å²) in [5.41, 5.74) is 6.20. The van der Waals surface area contributed by atoms with E-state index < -0.39 is 17.4 Å². The average molecular weight is 1480 g/mol. The third kappa shape index (κ3) is 13.1. The van der Waals surface area contributed by atoms with Gasteiger partial charge in [0.05, 0.1) is 34.2 Å². The Balaban J connectivity index is 0.000000190. The van der Waals surface area contributed by atoms with E-state index in [9.17, 15) is 43.8 Å². The van der Waals surface area contributed by atoms with Crippen molar-refractivity contribution in [2.45, 2.75) is 250 Å². The van der Waals surface area contributed by atoms with Crippen LogP contribution in [0.25, 0.3) is 0 Å². The van der Waals surface area contributed by atoms with Crippen molar-refractivity contribution in [2.24, 2.45) is 113 Å². The molecule has 0 aliphatic heterocycles. The Bertz CT molecular complexity index is 3870. The summed E-state index contributed by atoms with van der Waals surface area (Å²) in [6.45, 7) is 34.7. The number of aliphatic hydroxyl groups excluding tert-OH is 2. The zero-order valence-electron chi connectivity index (χ0n) is 66.9. The zero-order valence-corrected chi connectivity index (χ0v) is 66.9. The van der Waals surface area contributed by atoms with Crippen LogP contribution in [0.5, 0.6) is 0 Å². The Labute approximate surface area is 643 Å². The number of aromatic carboxylic acids is 2. The van der Waals surface area contributed by atoms with Crippen LogP contribution in [0.3, 0.4) is 0 Å². The van der Waals surface area contributed by atoms with Crippen molar-refractivity contribution in [3.63, 3.8) is 0 Å². The number of allylic oxidation sites excluding steroid dienone is 1. The predicted molar refractivity (Wildman–Crippen MR) is 421 cm³/mol. The monoisotopic (exact) mass is 1470 g/mol. The maximum absolute atomic E-state index is 14.6. The summed E-state index contributed by atoms with van der Waals surface area (Å²) in [7, 11) is 0. The molecule has 10 fully saturated rings. The molecule has 584 valence electrons. The fourth-order valence-electron chi connectivity index (χ4n) is 27.8. The summed E-state index contributed by atoms with van der Waals surface area (Å²) in [4.78, 5) is 90.9. The highest BCUT2D eigenvalue weighted by Gasteiger charge is 2.74. The minimum Gasteiger partial charge on any atom is -0.478 e. The van der Waals surface area contributed by atoms with Gasteiger partial charge in [-0.2, -0.15) is 0 Å². The number of benzene rings is 4. The molecular formula is C93H126N4O11. The highest BCUT2D eigenvalue weighted by Crippen LogP contribution is 2.80. The number of hydrogen-bond acceptors (Lipinski definition) is 9. The fourth-order valence-corrected chi connectivity index (χ4v) is 27.8. The van der Waals surface area contributed by atoms with E-state index in [-0.39, 0.29) is 120 Å². The van der Waals surface area contributed by atoms with Gasteiger partial charge in [0.1, 0.15) is 5.78 Å². The smallest absolute Gasteiger partial charge is 0.335 e. The van der Waals surface area contributed by atoms with Gasteiger partial charge in [0.25, 0.3) is 11.8 Å². The van der Waals surface area contributed by atoms with Crippen molar-refractivity contribution in [3.8, 4) is 0 Å². The molecule has 0 aromatic heterocycles. The predicted octanol–water partition coefficient (Wildman–Crippen LogP) is 17.0. The highest BCUT2D eigenvalue weighted by atomic mass is 16.4. The normalized spacial score (nSPS) is 37.8. The molecule has 4 aromatic rings. The summed E-state index contributed by atoms with van der Waals surface area (Å²) < 4.78 is 0. The first-order chi connectivity index (χ1) is 51.0. The fraction of sp³-hybridized carbons (Fsp3) is 0.645. The molecule has 4 aromatic carbocycles. The molecule has 0 radical (unpaired) electrons. The Morgan fingerprint density at radius 2 is 0.787 bits per heavy atom. The number of Topliss-reactive ketones (excluding diaryl/α,β-unsaturated/α-hetero) is 1. The lowest BCUT2D eigenvalue weighted by Gasteiger charge is -2.72. The number of ketones is 1. The van der Waals surface area contributed by atoms with E-state index in [1.54, 1.807) is 43.3 Å². The Morgan fingerprint density at radius 3 is 1.17 bits per heavy atom. The van der Waals surface area contributed by atoms with Crippen LogP contribution in [0.4, 0.5) is 0 Å². The van der Waals surface area contributed by atoms with Gasteiger partial charge in [-0.3, -0.25) is 24.0 Å². The molecular weight excluding hydrogens is 1350 g/mol. The van der Waals surface area contributed by atoms with E-state index in [0.717, 1.165) is 125 Å². The van der Waals surface area contributed by atoms with Crippen molar-refractivity contribution in [2.75, 3.05) is 13.1 Å². The maximum atomic E-state index is 14.6. The number of rotatable bonds is 18. The molecule has 8 N–H and O–H groups in total.